The first-order valence-corrected chi connectivity index (χ1v) is 4.54. The molecule has 3 nitrogen and oxygen atoms in total. The van der Waals surface area contributed by atoms with Crippen LogP contribution < -0.4 is 10.5 Å². The fourth-order valence-electron chi connectivity index (χ4n) is 1.60. The minimum atomic E-state index is -0.518. The maximum Gasteiger partial charge on any atom is 0.165 e. The van der Waals surface area contributed by atoms with Crippen molar-refractivity contribution in [1.82, 2.24) is 0 Å². The molecule has 4 heteroatoms. The SMILES string of the molecule is NC(CO)c1cc(F)c2c(c1)CCO2. The molecule has 0 bridgehead atoms. The molecule has 0 amide bonds. The Morgan fingerprint density at radius 3 is 3.07 bits per heavy atom. The monoisotopic (exact) mass is 197 g/mol. The van der Waals surface area contributed by atoms with Crippen LogP contribution in [0.2, 0.25) is 0 Å². The van der Waals surface area contributed by atoms with Gasteiger partial charge in [0.15, 0.2) is 11.6 Å². The van der Waals surface area contributed by atoms with E-state index in [0.717, 1.165) is 5.56 Å². The van der Waals surface area contributed by atoms with Gasteiger partial charge in [-0.25, -0.2) is 4.39 Å². The lowest BCUT2D eigenvalue weighted by Gasteiger charge is -2.10. The second kappa shape index (κ2) is 3.55. The lowest BCUT2D eigenvalue weighted by molar-refractivity contribution is 0.267. The average molecular weight is 197 g/mol. The lowest BCUT2D eigenvalue weighted by Crippen LogP contribution is -2.14. The number of nitrogens with two attached hydrogens (primary N) is 1. The second-order valence-corrected chi connectivity index (χ2v) is 3.38. The summed E-state index contributed by atoms with van der Waals surface area (Å²) >= 11 is 0. The van der Waals surface area contributed by atoms with E-state index in [2.05, 4.69) is 0 Å². The standard InChI is InChI=1S/C10H12FNO2/c11-8-4-7(9(12)5-13)3-6-1-2-14-10(6)8/h3-4,9,13H,1-2,5,12H2. The number of aliphatic hydroxyl groups excluding tert-OH is 1. The van der Waals surface area contributed by atoms with E-state index in [-0.39, 0.29) is 12.4 Å². The molecular formula is C10H12FNO2. The maximum atomic E-state index is 13.4. The number of aliphatic hydroxyl groups is 1. The van der Waals surface area contributed by atoms with Gasteiger partial charge in [0.1, 0.15) is 0 Å². The smallest absolute Gasteiger partial charge is 0.165 e. The molecule has 14 heavy (non-hydrogen) atoms. The molecule has 1 heterocycles. The summed E-state index contributed by atoms with van der Waals surface area (Å²) < 4.78 is 18.5. The first kappa shape index (κ1) is 9.43. The zero-order chi connectivity index (χ0) is 10.1. The fraction of sp³-hybridized carbons (Fsp3) is 0.400. The van der Waals surface area contributed by atoms with Gasteiger partial charge in [-0.2, -0.15) is 0 Å². The molecule has 0 saturated heterocycles. The van der Waals surface area contributed by atoms with E-state index < -0.39 is 6.04 Å². The molecule has 1 aromatic carbocycles. The Balaban J connectivity index is 2.41. The van der Waals surface area contributed by atoms with Crippen molar-refractivity contribution in [1.29, 1.82) is 0 Å². The number of hydrogen-bond acceptors (Lipinski definition) is 3. The number of benzene rings is 1. The molecule has 1 unspecified atom stereocenters. The van der Waals surface area contributed by atoms with Crippen LogP contribution in [0.5, 0.6) is 5.75 Å². The third-order valence-corrected chi connectivity index (χ3v) is 2.39. The van der Waals surface area contributed by atoms with E-state index in [0.29, 0.717) is 24.3 Å². The van der Waals surface area contributed by atoms with Crippen LogP contribution >= 0.6 is 0 Å². The minimum Gasteiger partial charge on any atom is -0.490 e. The Hall–Kier alpha value is -1.13. The van der Waals surface area contributed by atoms with Crippen LogP contribution in [-0.2, 0) is 6.42 Å². The number of rotatable bonds is 2. The van der Waals surface area contributed by atoms with Gasteiger partial charge in [0.25, 0.3) is 0 Å². The Kier molecular flexibility index (Phi) is 2.39. The van der Waals surface area contributed by atoms with Gasteiger partial charge in [0.2, 0.25) is 0 Å². The number of halogens is 1. The third kappa shape index (κ3) is 1.47. The predicted octanol–water partition coefficient (Wildman–Crippen LogP) is 0.753. The third-order valence-electron chi connectivity index (χ3n) is 2.39. The Morgan fingerprint density at radius 2 is 2.36 bits per heavy atom. The highest BCUT2D eigenvalue weighted by Gasteiger charge is 2.19. The van der Waals surface area contributed by atoms with Crippen LogP contribution in [0.1, 0.15) is 17.2 Å². The summed E-state index contributed by atoms with van der Waals surface area (Å²) in [6, 6.07) is 2.60. The van der Waals surface area contributed by atoms with Gasteiger partial charge in [-0.3, -0.25) is 0 Å². The van der Waals surface area contributed by atoms with Gasteiger partial charge in [0, 0.05) is 12.0 Å². The summed E-state index contributed by atoms with van der Waals surface area (Å²) in [6.45, 7) is 0.336. The van der Waals surface area contributed by atoms with E-state index >= 15 is 0 Å². The van der Waals surface area contributed by atoms with Gasteiger partial charge >= 0.3 is 0 Å². The zero-order valence-corrected chi connectivity index (χ0v) is 7.66. The van der Waals surface area contributed by atoms with Crippen LogP contribution in [0, 0.1) is 5.82 Å². The van der Waals surface area contributed by atoms with Gasteiger partial charge in [-0.15, -0.1) is 0 Å². The van der Waals surface area contributed by atoms with Crippen molar-refractivity contribution in [2.24, 2.45) is 5.73 Å². The predicted molar refractivity (Wildman–Crippen MR) is 49.6 cm³/mol. The van der Waals surface area contributed by atoms with Crippen molar-refractivity contribution in [2.75, 3.05) is 13.2 Å². The van der Waals surface area contributed by atoms with Gasteiger partial charge in [-0.05, 0) is 11.6 Å². The molecule has 76 valence electrons. The van der Waals surface area contributed by atoms with Crippen molar-refractivity contribution in [3.8, 4) is 5.75 Å². The summed E-state index contributed by atoms with van der Waals surface area (Å²) in [5.41, 5.74) is 7.06. The Labute approximate surface area is 81.3 Å². The van der Waals surface area contributed by atoms with E-state index in [1.807, 2.05) is 0 Å². The molecule has 0 spiro atoms. The van der Waals surface area contributed by atoms with Crippen molar-refractivity contribution in [3.63, 3.8) is 0 Å². The molecule has 2 rings (SSSR count). The number of ether oxygens (including phenoxy) is 1. The van der Waals surface area contributed by atoms with Crippen LogP contribution in [0.15, 0.2) is 12.1 Å². The molecule has 1 aliphatic heterocycles. The van der Waals surface area contributed by atoms with Crippen LogP contribution in [0.25, 0.3) is 0 Å². The highest BCUT2D eigenvalue weighted by Crippen LogP contribution is 2.31. The van der Waals surface area contributed by atoms with Crippen LogP contribution in [0.4, 0.5) is 4.39 Å². The van der Waals surface area contributed by atoms with Crippen molar-refractivity contribution in [2.45, 2.75) is 12.5 Å². The maximum absolute atomic E-state index is 13.4. The number of fused-ring (bicyclic) bond motifs is 1. The van der Waals surface area contributed by atoms with E-state index in [4.69, 9.17) is 15.6 Å². The molecule has 3 N–H and O–H groups in total. The fourth-order valence-corrected chi connectivity index (χ4v) is 1.60. The summed E-state index contributed by atoms with van der Waals surface area (Å²) in [7, 11) is 0. The second-order valence-electron chi connectivity index (χ2n) is 3.38. The normalized spacial score (nSPS) is 16.2. The molecular weight excluding hydrogens is 185 g/mol. The largest absolute Gasteiger partial charge is 0.490 e. The molecule has 0 aromatic heterocycles. The summed E-state index contributed by atoms with van der Waals surface area (Å²) in [6.07, 6.45) is 0.707. The number of hydrogen-bond donors (Lipinski definition) is 2. The van der Waals surface area contributed by atoms with Gasteiger partial charge in [0.05, 0.1) is 19.3 Å². The summed E-state index contributed by atoms with van der Waals surface area (Å²) in [4.78, 5) is 0. The topological polar surface area (TPSA) is 55.5 Å². The van der Waals surface area contributed by atoms with Gasteiger partial charge in [-0.1, -0.05) is 6.07 Å². The zero-order valence-electron chi connectivity index (χ0n) is 7.66. The van der Waals surface area contributed by atoms with Crippen molar-refractivity contribution < 1.29 is 14.2 Å². The molecule has 1 aliphatic rings. The minimum absolute atomic E-state index is 0.181. The van der Waals surface area contributed by atoms with E-state index in [1.165, 1.54) is 6.07 Å². The molecule has 1 aromatic rings. The van der Waals surface area contributed by atoms with Gasteiger partial charge < -0.3 is 15.6 Å². The first-order chi connectivity index (χ1) is 6.72. The van der Waals surface area contributed by atoms with Crippen LogP contribution in [-0.4, -0.2) is 18.3 Å². The lowest BCUT2D eigenvalue weighted by atomic mass is 10.0. The Morgan fingerprint density at radius 1 is 1.57 bits per heavy atom. The highest BCUT2D eigenvalue weighted by molar-refractivity contribution is 5.42. The highest BCUT2D eigenvalue weighted by atomic mass is 19.1. The average Bonchev–Trinajstić information content (AvgIpc) is 2.64. The van der Waals surface area contributed by atoms with E-state index in [1.54, 1.807) is 6.07 Å². The molecule has 0 aliphatic carbocycles. The summed E-state index contributed by atoms with van der Waals surface area (Å²) in [5, 5.41) is 8.85. The molecule has 0 saturated carbocycles. The van der Waals surface area contributed by atoms with Crippen molar-refractivity contribution >= 4 is 0 Å². The quantitative estimate of drug-likeness (QED) is 0.735. The van der Waals surface area contributed by atoms with Crippen molar-refractivity contribution in [3.05, 3.63) is 29.1 Å². The molecule has 0 fully saturated rings. The summed E-state index contributed by atoms with van der Waals surface area (Å²) in [5.74, 6) is -0.0576. The molecule has 0 radical (unpaired) electrons. The first-order valence-electron chi connectivity index (χ1n) is 4.54. The van der Waals surface area contributed by atoms with Crippen LogP contribution in [0.3, 0.4) is 0 Å². The molecule has 1 atom stereocenters. The Bertz CT molecular complexity index is 354. The van der Waals surface area contributed by atoms with E-state index in [9.17, 15) is 4.39 Å².